The molecule has 19 heavy (non-hydrogen) atoms. The molecule has 1 fully saturated rings. The van der Waals surface area contributed by atoms with E-state index in [1.54, 1.807) is 0 Å². The number of rotatable bonds is 3. The van der Waals surface area contributed by atoms with Crippen LogP contribution in [0.5, 0.6) is 0 Å². The minimum Gasteiger partial charge on any atom is -0.329 e. The predicted octanol–water partition coefficient (Wildman–Crippen LogP) is 1.69. The molecule has 1 aliphatic rings. The van der Waals surface area contributed by atoms with Gasteiger partial charge >= 0.3 is 0 Å². The van der Waals surface area contributed by atoms with Gasteiger partial charge in [-0.2, -0.15) is 0 Å². The SMILES string of the molecule is Cc1cc(C)c(CN2CCN(C)CC2CN)cc1C. The fourth-order valence-electron chi connectivity index (χ4n) is 2.89. The van der Waals surface area contributed by atoms with E-state index in [9.17, 15) is 0 Å². The molecular weight excluding hydrogens is 234 g/mol. The number of benzene rings is 1. The van der Waals surface area contributed by atoms with E-state index in [4.69, 9.17) is 5.73 Å². The Hall–Kier alpha value is -0.900. The summed E-state index contributed by atoms with van der Waals surface area (Å²) >= 11 is 0. The third kappa shape index (κ3) is 3.35. The Morgan fingerprint density at radius 3 is 2.47 bits per heavy atom. The molecule has 0 aliphatic carbocycles. The number of nitrogens with two attached hydrogens (primary N) is 1. The summed E-state index contributed by atoms with van der Waals surface area (Å²) in [5.74, 6) is 0. The van der Waals surface area contributed by atoms with Crippen LogP contribution < -0.4 is 5.73 Å². The van der Waals surface area contributed by atoms with Crippen LogP contribution in [0.2, 0.25) is 0 Å². The summed E-state index contributed by atoms with van der Waals surface area (Å²) in [4.78, 5) is 4.92. The average molecular weight is 261 g/mol. The second kappa shape index (κ2) is 6.04. The minimum atomic E-state index is 0.486. The van der Waals surface area contributed by atoms with E-state index < -0.39 is 0 Å². The lowest BCUT2D eigenvalue weighted by Gasteiger charge is -2.39. The van der Waals surface area contributed by atoms with Crippen molar-refractivity contribution in [1.82, 2.24) is 9.80 Å². The molecule has 0 radical (unpaired) electrons. The summed E-state index contributed by atoms with van der Waals surface area (Å²) < 4.78 is 0. The number of piperazine rings is 1. The summed E-state index contributed by atoms with van der Waals surface area (Å²) in [7, 11) is 2.18. The zero-order chi connectivity index (χ0) is 14.0. The average Bonchev–Trinajstić information content (AvgIpc) is 2.37. The van der Waals surface area contributed by atoms with Crippen LogP contribution in [0.25, 0.3) is 0 Å². The molecule has 0 spiro atoms. The molecule has 1 atom stereocenters. The van der Waals surface area contributed by atoms with Gasteiger partial charge < -0.3 is 10.6 Å². The van der Waals surface area contributed by atoms with E-state index >= 15 is 0 Å². The first-order valence-corrected chi connectivity index (χ1v) is 7.20. The highest BCUT2D eigenvalue weighted by Gasteiger charge is 2.24. The predicted molar refractivity (Wildman–Crippen MR) is 81.4 cm³/mol. The summed E-state index contributed by atoms with van der Waals surface area (Å²) in [6, 6.07) is 5.13. The van der Waals surface area contributed by atoms with Gasteiger partial charge in [0.25, 0.3) is 0 Å². The molecule has 1 heterocycles. The lowest BCUT2D eigenvalue weighted by Crippen LogP contribution is -2.54. The Balaban J connectivity index is 2.14. The second-order valence-corrected chi connectivity index (χ2v) is 5.99. The first-order valence-electron chi connectivity index (χ1n) is 7.20. The van der Waals surface area contributed by atoms with Gasteiger partial charge in [0.2, 0.25) is 0 Å². The van der Waals surface area contributed by atoms with Crippen molar-refractivity contribution < 1.29 is 0 Å². The summed E-state index contributed by atoms with van der Waals surface area (Å²) in [6.07, 6.45) is 0. The number of hydrogen-bond donors (Lipinski definition) is 1. The minimum absolute atomic E-state index is 0.486. The highest BCUT2D eigenvalue weighted by molar-refractivity contribution is 5.36. The first-order chi connectivity index (χ1) is 9.01. The third-order valence-corrected chi connectivity index (χ3v) is 4.41. The number of nitrogens with zero attached hydrogens (tertiary/aromatic N) is 2. The van der Waals surface area contributed by atoms with Crippen molar-refractivity contribution in [1.29, 1.82) is 0 Å². The fourth-order valence-corrected chi connectivity index (χ4v) is 2.89. The Labute approximate surface area is 117 Å². The van der Waals surface area contributed by atoms with Gasteiger partial charge in [-0.15, -0.1) is 0 Å². The molecule has 2 rings (SSSR count). The van der Waals surface area contributed by atoms with E-state index in [1.165, 1.54) is 22.3 Å². The lowest BCUT2D eigenvalue weighted by atomic mass is 9.99. The molecule has 1 aliphatic heterocycles. The van der Waals surface area contributed by atoms with Crippen LogP contribution in [0.4, 0.5) is 0 Å². The van der Waals surface area contributed by atoms with Crippen molar-refractivity contribution in [2.24, 2.45) is 5.73 Å². The highest BCUT2D eigenvalue weighted by Crippen LogP contribution is 2.19. The van der Waals surface area contributed by atoms with Crippen molar-refractivity contribution in [3.63, 3.8) is 0 Å². The summed E-state index contributed by atoms with van der Waals surface area (Å²) in [5, 5.41) is 0. The van der Waals surface area contributed by atoms with E-state index in [0.717, 1.165) is 32.7 Å². The largest absolute Gasteiger partial charge is 0.329 e. The summed E-state index contributed by atoms with van der Waals surface area (Å²) in [6.45, 7) is 11.7. The third-order valence-electron chi connectivity index (χ3n) is 4.41. The van der Waals surface area contributed by atoms with Crippen molar-refractivity contribution >= 4 is 0 Å². The van der Waals surface area contributed by atoms with Crippen molar-refractivity contribution in [3.8, 4) is 0 Å². The van der Waals surface area contributed by atoms with Crippen LogP contribution in [0.3, 0.4) is 0 Å². The van der Waals surface area contributed by atoms with E-state index in [-0.39, 0.29) is 0 Å². The van der Waals surface area contributed by atoms with Gasteiger partial charge in [-0.1, -0.05) is 12.1 Å². The van der Waals surface area contributed by atoms with E-state index in [0.29, 0.717) is 6.04 Å². The highest BCUT2D eigenvalue weighted by atomic mass is 15.3. The Morgan fingerprint density at radius 2 is 1.79 bits per heavy atom. The number of likely N-dealkylation sites (N-methyl/N-ethyl adjacent to an activating group) is 1. The molecule has 0 saturated carbocycles. The standard InChI is InChI=1S/C16H27N3/c1-12-7-14(3)15(8-13(12)2)10-19-6-5-18(4)11-16(19)9-17/h7-8,16H,5-6,9-11,17H2,1-4H3. The van der Waals surface area contributed by atoms with Crippen LogP contribution >= 0.6 is 0 Å². The molecule has 1 unspecified atom stereocenters. The van der Waals surface area contributed by atoms with Gasteiger partial charge in [-0.3, -0.25) is 4.90 Å². The molecule has 106 valence electrons. The van der Waals surface area contributed by atoms with E-state index in [2.05, 4.69) is 49.8 Å². The van der Waals surface area contributed by atoms with Crippen LogP contribution in [0.15, 0.2) is 12.1 Å². The maximum absolute atomic E-state index is 5.93. The fraction of sp³-hybridized carbons (Fsp3) is 0.625. The van der Waals surface area contributed by atoms with Gasteiger partial charge in [0.1, 0.15) is 0 Å². The lowest BCUT2D eigenvalue weighted by molar-refractivity contribution is 0.0879. The van der Waals surface area contributed by atoms with Crippen molar-refractivity contribution in [3.05, 3.63) is 34.4 Å². The monoisotopic (exact) mass is 261 g/mol. The first kappa shape index (κ1) is 14.5. The molecule has 0 bridgehead atoms. The normalized spacial score (nSPS) is 21.8. The zero-order valence-corrected chi connectivity index (χ0v) is 12.7. The van der Waals surface area contributed by atoms with Crippen LogP contribution in [0.1, 0.15) is 22.3 Å². The molecule has 3 nitrogen and oxygen atoms in total. The maximum Gasteiger partial charge on any atom is 0.0349 e. The Bertz CT molecular complexity index is 442. The van der Waals surface area contributed by atoms with Gasteiger partial charge in [0, 0.05) is 38.8 Å². The molecule has 1 aromatic rings. The van der Waals surface area contributed by atoms with Crippen LogP contribution in [0, 0.1) is 20.8 Å². The quantitative estimate of drug-likeness (QED) is 0.898. The molecular formula is C16H27N3. The van der Waals surface area contributed by atoms with E-state index in [1.807, 2.05) is 0 Å². The maximum atomic E-state index is 5.93. The number of hydrogen-bond acceptors (Lipinski definition) is 3. The van der Waals surface area contributed by atoms with Crippen LogP contribution in [-0.2, 0) is 6.54 Å². The molecule has 3 heteroatoms. The zero-order valence-electron chi connectivity index (χ0n) is 12.7. The van der Waals surface area contributed by atoms with Gasteiger partial charge in [0.15, 0.2) is 0 Å². The Kier molecular flexibility index (Phi) is 4.61. The molecule has 0 amide bonds. The van der Waals surface area contributed by atoms with Gasteiger partial charge in [-0.05, 0) is 50.1 Å². The number of aryl methyl sites for hydroxylation is 3. The van der Waals surface area contributed by atoms with Crippen molar-refractivity contribution in [2.75, 3.05) is 33.2 Å². The second-order valence-electron chi connectivity index (χ2n) is 5.99. The molecule has 0 aromatic heterocycles. The smallest absolute Gasteiger partial charge is 0.0349 e. The van der Waals surface area contributed by atoms with Crippen LogP contribution in [-0.4, -0.2) is 49.1 Å². The van der Waals surface area contributed by atoms with Crippen molar-refractivity contribution in [2.45, 2.75) is 33.4 Å². The van der Waals surface area contributed by atoms with Gasteiger partial charge in [-0.25, -0.2) is 0 Å². The molecule has 2 N–H and O–H groups in total. The topological polar surface area (TPSA) is 32.5 Å². The Morgan fingerprint density at radius 1 is 1.11 bits per heavy atom. The summed E-state index contributed by atoms with van der Waals surface area (Å²) in [5.41, 5.74) is 11.6. The molecule has 1 saturated heterocycles. The molecule has 1 aromatic carbocycles. The van der Waals surface area contributed by atoms with Gasteiger partial charge in [0.05, 0.1) is 0 Å².